The number of ether oxygens (including phenoxy) is 1. The Labute approximate surface area is 125 Å². The number of nitrogens with zero attached hydrogens (tertiary/aromatic N) is 1. The Balaban J connectivity index is 0.00000147. The minimum Gasteiger partial charge on any atom is -0.490 e. The summed E-state index contributed by atoms with van der Waals surface area (Å²) in [7, 11) is 0. The number of anilines is 1. The van der Waals surface area contributed by atoms with Crippen LogP contribution in [0.3, 0.4) is 0 Å². The van der Waals surface area contributed by atoms with Crippen LogP contribution in [0.15, 0.2) is 36.4 Å². The third-order valence-electron chi connectivity index (χ3n) is 3.33. The van der Waals surface area contributed by atoms with E-state index in [0.29, 0.717) is 11.9 Å². The van der Waals surface area contributed by atoms with Crippen LogP contribution >= 0.6 is 12.4 Å². The average molecular weight is 291 g/mol. The minimum absolute atomic E-state index is 0. The van der Waals surface area contributed by atoms with E-state index in [1.54, 1.807) is 0 Å². The number of halogens is 1. The quantitative estimate of drug-likeness (QED) is 0.930. The number of pyridine rings is 1. The van der Waals surface area contributed by atoms with Gasteiger partial charge in [-0.3, -0.25) is 0 Å². The summed E-state index contributed by atoms with van der Waals surface area (Å²) >= 11 is 0. The summed E-state index contributed by atoms with van der Waals surface area (Å²) in [6, 6.07) is 12.1. The van der Waals surface area contributed by atoms with Crippen molar-refractivity contribution in [1.82, 2.24) is 4.98 Å². The van der Waals surface area contributed by atoms with E-state index in [-0.39, 0.29) is 12.4 Å². The molecule has 1 aliphatic carbocycles. The molecule has 1 aliphatic rings. The number of nitrogen functional groups attached to an aromatic ring is 1. The number of rotatable bonds is 4. The van der Waals surface area contributed by atoms with E-state index in [0.717, 1.165) is 41.8 Å². The number of nitrogens with two attached hydrogens (primary N) is 1. The van der Waals surface area contributed by atoms with Crippen molar-refractivity contribution in [2.24, 2.45) is 0 Å². The molecular weight excluding hydrogens is 272 g/mol. The monoisotopic (exact) mass is 290 g/mol. The first-order valence-corrected chi connectivity index (χ1v) is 6.79. The van der Waals surface area contributed by atoms with Crippen LogP contribution < -0.4 is 10.5 Å². The number of hydrogen-bond acceptors (Lipinski definition) is 3. The molecule has 0 spiro atoms. The van der Waals surface area contributed by atoms with Crippen LogP contribution in [0.5, 0.6) is 5.75 Å². The van der Waals surface area contributed by atoms with Gasteiger partial charge in [0, 0.05) is 11.1 Å². The van der Waals surface area contributed by atoms with E-state index in [2.05, 4.69) is 18.0 Å². The Morgan fingerprint density at radius 2 is 1.90 bits per heavy atom. The maximum Gasteiger partial charge on any atom is 0.127 e. The van der Waals surface area contributed by atoms with Crippen molar-refractivity contribution in [2.75, 3.05) is 5.73 Å². The molecule has 1 aromatic heterocycles. The fourth-order valence-corrected chi connectivity index (χ4v) is 2.19. The second kappa shape index (κ2) is 6.14. The number of benzene rings is 1. The Hall–Kier alpha value is -1.74. The summed E-state index contributed by atoms with van der Waals surface area (Å²) in [4.78, 5) is 4.43. The molecule has 1 fully saturated rings. The molecule has 4 heteroatoms. The van der Waals surface area contributed by atoms with Crippen LogP contribution in [0.25, 0.3) is 11.1 Å². The molecule has 3 rings (SSSR count). The van der Waals surface area contributed by atoms with Gasteiger partial charge in [-0.2, -0.15) is 0 Å². The molecule has 1 heterocycles. The van der Waals surface area contributed by atoms with Crippen LogP contribution in [0.2, 0.25) is 0 Å². The number of aromatic nitrogens is 1. The van der Waals surface area contributed by atoms with Crippen LogP contribution in [0.4, 0.5) is 5.82 Å². The van der Waals surface area contributed by atoms with Crippen molar-refractivity contribution in [2.45, 2.75) is 32.3 Å². The van der Waals surface area contributed by atoms with E-state index in [1.165, 1.54) is 0 Å². The molecule has 0 unspecified atom stereocenters. The molecule has 1 aromatic carbocycles. The lowest BCUT2D eigenvalue weighted by molar-refractivity contribution is 0.304. The molecule has 20 heavy (non-hydrogen) atoms. The van der Waals surface area contributed by atoms with Gasteiger partial charge in [0.15, 0.2) is 0 Å². The molecule has 2 aromatic rings. The van der Waals surface area contributed by atoms with Gasteiger partial charge in [0.05, 0.1) is 11.8 Å². The first-order valence-electron chi connectivity index (χ1n) is 6.79. The van der Waals surface area contributed by atoms with Gasteiger partial charge >= 0.3 is 0 Å². The maximum atomic E-state index is 5.98. The lowest BCUT2D eigenvalue weighted by Crippen LogP contribution is -2.01. The Morgan fingerprint density at radius 3 is 2.60 bits per heavy atom. The molecule has 2 N–H and O–H groups in total. The van der Waals surface area contributed by atoms with Crippen molar-refractivity contribution in [3.05, 3.63) is 42.1 Å². The van der Waals surface area contributed by atoms with Gasteiger partial charge in [-0.1, -0.05) is 25.1 Å². The van der Waals surface area contributed by atoms with E-state index in [9.17, 15) is 0 Å². The lowest BCUT2D eigenvalue weighted by Gasteiger charge is -2.13. The van der Waals surface area contributed by atoms with Crippen LogP contribution in [-0.4, -0.2) is 11.1 Å². The Morgan fingerprint density at radius 1 is 1.15 bits per heavy atom. The third kappa shape index (κ3) is 3.05. The summed E-state index contributed by atoms with van der Waals surface area (Å²) in [6.45, 7) is 2.09. The second-order valence-electron chi connectivity index (χ2n) is 4.90. The average Bonchev–Trinajstić information content (AvgIpc) is 3.23. The molecule has 0 radical (unpaired) electrons. The van der Waals surface area contributed by atoms with Crippen molar-refractivity contribution in [1.29, 1.82) is 0 Å². The fourth-order valence-electron chi connectivity index (χ4n) is 2.19. The predicted molar refractivity (Wildman–Crippen MR) is 84.4 cm³/mol. The highest BCUT2D eigenvalue weighted by Crippen LogP contribution is 2.36. The first-order chi connectivity index (χ1) is 9.28. The van der Waals surface area contributed by atoms with E-state index in [4.69, 9.17) is 10.5 Å². The number of para-hydroxylation sites is 1. The Bertz CT molecular complexity index is 597. The molecule has 0 aliphatic heterocycles. The van der Waals surface area contributed by atoms with Gasteiger partial charge in [0.1, 0.15) is 11.6 Å². The SMILES string of the molecule is CCc1nc(N)ccc1-c1ccccc1OC1CC1.Cl. The van der Waals surface area contributed by atoms with Crippen molar-refractivity contribution >= 4 is 18.2 Å². The second-order valence-corrected chi connectivity index (χ2v) is 4.90. The van der Waals surface area contributed by atoms with E-state index < -0.39 is 0 Å². The van der Waals surface area contributed by atoms with E-state index >= 15 is 0 Å². The van der Waals surface area contributed by atoms with Crippen molar-refractivity contribution < 1.29 is 4.74 Å². The van der Waals surface area contributed by atoms with Crippen LogP contribution in [0, 0.1) is 0 Å². The number of hydrogen-bond donors (Lipinski definition) is 1. The minimum atomic E-state index is 0. The molecule has 106 valence electrons. The summed E-state index contributed by atoms with van der Waals surface area (Å²) in [5.74, 6) is 1.52. The molecule has 0 atom stereocenters. The maximum absolute atomic E-state index is 5.98. The third-order valence-corrected chi connectivity index (χ3v) is 3.33. The van der Waals surface area contributed by atoms with Gasteiger partial charge in [0.25, 0.3) is 0 Å². The molecule has 0 bridgehead atoms. The standard InChI is InChI=1S/C16H18N2O.ClH/c1-2-14-12(9-10-16(17)18-14)13-5-3-4-6-15(13)19-11-7-8-11;/h3-6,9-11H,2,7-8H2,1H3,(H2,17,18);1H. The molecule has 1 saturated carbocycles. The zero-order valence-corrected chi connectivity index (χ0v) is 12.3. The van der Waals surface area contributed by atoms with Crippen LogP contribution in [0.1, 0.15) is 25.5 Å². The topological polar surface area (TPSA) is 48.1 Å². The number of aryl methyl sites for hydroxylation is 1. The smallest absolute Gasteiger partial charge is 0.127 e. The van der Waals surface area contributed by atoms with Gasteiger partial charge in [-0.15, -0.1) is 12.4 Å². The largest absolute Gasteiger partial charge is 0.490 e. The van der Waals surface area contributed by atoms with E-state index in [1.807, 2.05) is 30.3 Å². The van der Waals surface area contributed by atoms with Gasteiger partial charge in [0.2, 0.25) is 0 Å². The highest BCUT2D eigenvalue weighted by molar-refractivity contribution is 5.85. The molecular formula is C16H19ClN2O. The first kappa shape index (κ1) is 14.7. The van der Waals surface area contributed by atoms with Crippen molar-refractivity contribution in [3.63, 3.8) is 0 Å². The highest BCUT2D eigenvalue weighted by Gasteiger charge is 2.25. The van der Waals surface area contributed by atoms with Gasteiger partial charge in [-0.25, -0.2) is 4.98 Å². The molecule has 0 amide bonds. The summed E-state index contributed by atoms with van der Waals surface area (Å²) in [5, 5.41) is 0. The molecule has 3 nitrogen and oxygen atoms in total. The summed E-state index contributed by atoms with van der Waals surface area (Å²) in [5.41, 5.74) is 9.02. The zero-order chi connectivity index (χ0) is 13.2. The lowest BCUT2D eigenvalue weighted by atomic mass is 10.0. The predicted octanol–water partition coefficient (Wildman–Crippen LogP) is 3.86. The zero-order valence-electron chi connectivity index (χ0n) is 11.5. The fraction of sp³-hybridized carbons (Fsp3) is 0.312. The normalized spacial score (nSPS) is 13.7. The van der Waals surface area contributed by atoms with Gasteiger partial charge in [-0.05, 0) is 37.5 Å². The van der Waals surface area contributed by atoms with Crippen molar-refractivity contribution in [3.8, 4) is 16.9 Å². The van der Waals surface area contributed by atoms with Gasteiger partial charge < -0.3 is 10.5 Å². The Kier molecular flexibility index (Phi) is 4.50. The summed E-state index contributed by atoms with van der Waals surface area (Å²) in [6.07, 6.45) is 3.58. The highest BCUT2D eigenvalue weighted by atomic mass is 35.5. The summed E-state index contributed by atoms with van der Waals surface area (Å²) < 4.78 is 5.98. The molecule has 0 saturated heterocycles. The van der Waals surface area contributed by atoms with Crippen LogP contribution in [-0.2, 0) is 6.42 Å².